The molecule has 0 radical (unpaired) electrons. The van der Waals surface area contributed by atoms with Crippen molar-refractivity contribution in [3.8, 4) is 0 Å². The van der Waals surface area contributed by atoms with Crippen LogP contribution in [0.25, 0.3) is 0 Å². The summed E-state index contributed by atoms with van der Waals surface area (Å²) >= 11 is 1.15. The predicted octanol–water partition coefficient (Wildman–Crippen LogP) is 0.643. The summed E-state index contributed by atoms with van der Waals surface area (Å²) in [6.07, 6.45) is 1.70. The second-order valence-electron chi connectivity index (χ2n) is 3.75. The first kappa shape index (κ1) is 15.4. The number of esters is 2. The highest BCUT2D eigenvalue weighted by atomic mass is 32.1. The number of hydrogen-bond acceptors (Lipinski definition) is 8. The van der Waals surface area contributed by atoms with Gasteiger partial charge in [-0.1, -0.05) is 6.92 Å². The molecule has 0 atom stereocenters. The van der Waals surface area contributed by atoms with Gasteiger partial charge in [0.2, 0.25) is 5.13 Å². The molecule has 0 saturated heterocycles. The highest BCUT2D eigenvalue weighted by molar-refractivity contribution is 7.09. The Kier molecular flexibility index (Phi) is 6.20. The molecule has 0 aliphatic heterocycles. The fourth-order valence-corrected chi connectivity index (χ4v) is 2.04. The molecule has 0 bridgehead atoms. The van der Waals surface area contributed by atoms with E-state index in [0.717, 1.165) is 24.4 Å². The third-order valence-electron chi connectivity index (χ3n) is 2.30. The van der Waals surface area contributed by atoms with Crippen LogP contribution in [-0.2, 0) is 25.5 Å². The van der Waals surface area contributed by atoms with Gasteiger partial charge in [0.05, 0.1) is 14.2 Å². The molecule has 1 aromatic rings. The lowest BCUT2D eigenvalue weighted by molar-refractivity contribution is -0.140. The second-order valence-corrected chi connectivity index (χ2v) is 4.48. The molecule has 0 spiro atoms. The number of aryl methyl sites for hydroxylation is 1. The molecule has 0 aromatic carbocycles. The Morgan fingerprint density at radius 2 is 1.79 bits per heavy atom. The lowest BCUT2D eigenvalue weighted by atomic mass is 10.3. The average Bonchev–Trinajstić information content (AvgIpc) is 2.86. The smallest absolute Gasteiger partial charge is 0.325 e. The largest absolute Gasteiger partial charge is 0.468 e. The number of ether oxygens (including phenoxy) is 2. The van der Waals surface area contributed by atoms with Gasteiger partial charge in [0, 0.05) is 18.0 Å². The lowest BCUT2D eigenvalue weighted by Gasteiger charge is -2.18. The zero-order valence-corrected chi connectivity index (χ0v) is 12.0. The van der Waals surface area contributed by atoms with Crippen molar-refractivity contribution in [1.29, 1.82) is 0 Å². The highest BCUT2D eigenvalue weighted by Crippen LogP contribution is 2.18. The van der Waals surface area contributed by atoms with Crippen molar-refractivity contribution >= 4 is 28.6 Å². The van der Waals surface area contributed by atoms with Gasteiger partial charge in [0.25, 0.3) is 0 Å². The van der Waals surface area contributed by atoms with Crippen molar-refractivity contribution in [1.82, 2.24) is 9.36 Å². The van der Waals surface area contributed by atoms with Crippen LogP contribution in [-0.4, -0.2) is 48.6 Å². The van der Waals surface area contributed by atoms with Crippen molar-refractivity contribution in [3.63, 3.8) is 0 Å². The van der Waals surface area contributed by atoms with Crippen molar-refractivity contribution in [2.24, 2.45) is 0 Å². The summed E-state index contributed by atoms with van der Waals surface area (Å²) in [7, 11) is 2.59. The quantitative estimate of drug-likeness (QED) is 0.681. The molecule has 0 unspecified atom stereocenters. The summed E-state index contributed by atoms with van der Waals surface area (Å²) in [6.45, 7) is 1.90. The van der Waals surface area contributed by atoms with E-state index in [0.29, 0.717) is 11.0 Å². The topological polar surface area (TPSA) is 81.6 Å². The van der Waals surface area contributed by atoms with Gasteiger partial charge in [0.15, 0.2) is 0 Å². The molecule has 0 N–H and O–H groups in total. The van der Waals surface area contributed by atoms with E-state index in [4.69, 9.17) is 0 Å². The van der Waals surface area contributed by atoms with Gasteiger partial charge >= 0.3 is 11.9 Å². The summed E-state index contributed by atoms with van der Waals surface area (Å²) in [5, 5.41) is 0.513. The first-order valence-corrected chi connectivity index (χ1v) is 6.59. The molecule has 106 valence electrons. The van der Waals surface area contributed by atoms with Gasteiger partial charge in [-0.25, -0.2) is 4.98 Å². The predicted molar refractivity (Wildman–Crippen MR) is 70.1 cm³/mol. The Morgan fingerprint density at radius 3 is 2.26 bits per heavy atom. The third kappa shape index (κ3) is 4.82. The van der Waals surface area contributed by atoms with E-state index in [-0.39, 0.29) is 13.1 Å². The maximum absolute atomic E-state index is 11.3. The molecule has 0 aliphatic rings. The van der Waals surface area contributed by atoms with Gasteiger partial charge in [-0.05, 0) is 6.42 Å². The van der Waals surface area contributed by atoms with Crippen LogP contribution in [0.2, 0.25) is 0 Å². The number of methoxy groups -OCH3 is 2. The number of carbonyl (C=O) groups is 2. The standard InChI is InChI=1S/C11H17N3O4S/c1-4-5-8-12-11(19-13-8)14(6-9(15)17-2)7-10(16)18-3/h4-7H2,1-3H3. The first-order valence-electron chi connectivity index (χ1n) is 5.81. The summed E-state index contributed by atoms with van der Waals surface area (Å²) in [6, 6.07) is 0. The lowest BCUT2D eigenvalue weighted by Crippen LogP contribution is -2.35. The Balaban J connectivity index is 2.80. The van der Waals surface area contributed by atoms with Gasteiger partial charge in [-0.2, -0.15) is 4.37 Å². The summed E-state index contributed by atoms with van der Waals surface area (Å²) < 4.78 is 13.4. The van der Waals surface area contributed by atoms with Crippen LogP contribution in [0.15, 0.2) is 0 Å². The Labute approximate surface area is 115 Å². The van der Waals surface area contributed by atoms with Gasteiger partial charge < -0.3 is 14.4 Å². The maximum atomic E-state index is 11.3. The minimum atomic E-state index is -0.448. The highest BCUT2D eigenvalue weighted by Gasteiger charge is 2.19. The maximum Gasteiger partial charge on any atom is 0.325 e. The summed E-state index contributed by atoms with van der Waals surface area (Å²) in [5.41, 5.74) is 0. The van der Waals surface area contributed by atoms with Crippen molar-refractivity contribution in [2.75, 3.05) is 32.2 Å². The molecule has 1 aromatic heterocycles. The van der Waals surface area contributed by atoms with E-state index in [1.54, 1.807) is 0 Å². The Hall–Kier alpha value is -1.70. The molecule has 8 heteroatoms. The number of anilines is 1. The van der Waals surface area contributed by atoms with Crippen molar-refractivity contribution in [2.45, 2.75) is 19.8 Å². The molecule has 0 saturated carbocycles. The van der Waals surface area contributed by atoms with E-state index < -0.39 is 11.9 Å². The molecule has 7 nitrogen and oxygen atoms in total. The monoisotopic (exact) mass is 287 g/mol. The average molecular weight is 287 g/mol. The molecule has 0 fully saturated rings. The van der Waals surface area contributed by atoms with Crippen LogP contribution in [0.5, 0.6) is 0 Å². The molecule has 0 aliphatic carbocycles. The number of nitrogens with zero attached hydrogens (tertiary/aromatic N) is 3. The van der Waals surface area contributed by atoms with Gasteiger partial charge in [-0.15, -0.1) is 0 Å². The summed E-state index contributed by atoms with van der Waals surface area (Å²) in [5.74, 6) is -0.186. The first-order chi connectivity index (χ1) is 9.10. The molecule has 19 heavy (non-hydrogen) atoms. The molecule has 0 amide bonds. The minimum absolute atomic E-state index is 0.0631. The van der Waals surface area contributed by atoms with E-state index in [2.05, 4.69) is 18.8 Å². The van der Waals surface area contributed by atoms with Crippen LogP contribution < -0.4 is 4.90 Å². The fourth-order valence-electron chi connectivity index (χ4n) is 1.33. The third-order valence-corrected chi connectivity index (χ3v) is 3.11. The van der Waals surface area contributed by atoms with Crippen LogP contribution in [0.4, 0.5) is 5.13 Å². The normalized spacial score (nSPS) is 10.1. The molecule has 1 heterocycles. The number of hydrogen-bond donors (Lipinski definition) is 0. The Bertz CT molecular complexity index is 417. The minimum Gasteiger partial charge on any atom is -0.468 e. The van der Waals surface area contributed by atoms with Crippen LogP contribution in [0.1, 0.15) is 19.2 Å². The number of aromatic nitrogens is 2. The van der Waals surface area contributed by atoms with Crippen LogP contribution in [0.3, 0.4) is 0 Å². The van der Waals surface area contributed by atoms with Crippen molar-refractivity contribution < 1.29 is 19.1 Å². The second kappa shape index (κ2) is 7.67. The van der Waals surface area contributed by atoms with E-state index in [9.17, 15) is 9.59 Å². The van der Waals surface area contributed by atoms with E-state index >= 15 is 0 Å². The summed E-state index contributed by atoms with van der Waals surface area (Å²) in [4.78, 5) is 28.5. The van der Waals surface area contributed by atoms with E-state index in [1.807, 2.05) is 6.92 Å². The van der Waals surface area contributed by atoms with Crippen molar-refractivity contribution in [3.05, 3.63) is 5.82 Å². The van der Waals surface area contributed by atoms with Crippen LogP contribution in [0, 0.1) is 0 Å². The Morgan fingerprint density at radius 1 is 1.21 bits per heavy atom. The zero-order valence-electron chi connectivity index (χ0n) is 11.2. The van der Waals surface area contributed by atoms with Gasteiger partial charge in [-0.3, -0.25) is 9.59 Å². The fraction of sp³-hybridized carbons (Fsp3) is 0.636. The van der Waals surface area contributed by atoms with Crippen LogP contribution >= 0.6 is 11.5 Å². The van der Waals surface area contributed by atoms with E-state index in [1.165, 1.54) is 19.1 Å². The van der Waals surface area contributed by atoms with Gasteiger partial charge in [0.1, 0.15) is 18.9 Å². The number of rotatable bonds is 7. The zero-order chi connectivity index (χ0) is 14.3. The molecule has 1 rings (SSSR count). The molecular formula is C11H17N3O4S. The number of carbonyl (C=O) groups excluding carboxylic acids is 2. The SMILES string of the molecule is CCCc1nsc(N(CC(=O)OC)CC(=O)OC)n1. The molecular weight excluding hydrogens is 270 g/mol.